The molecule has 0 aliphatic carbocycles. The van der Waals surface area contributed by atoms with E-state index in [2.05, 4.69) is 29.0 Å². The fourth-order valence-corrected chi connectivity index (χ4v) is 2.33. The topological polar surface area (TPSA) is 18.5 Å². The van der Waals surface area contributed by atoms with Crippen LogP contribution in [0.15, 0.2) is 0 Å². The quantitative estimate of drug-likeness (QED) is 0.649. The lowest BCUT2D eigenvalue weighted by Crippen LogP contribution is -2.63. The second kappa shape index (κ2) is 3.95. The Labute approximate surface area is 81.1 Å². The summed E-state index contributed by atoms with van der Waals surface area (Å²) in [6.45, 7) is 12.0. The minimum absolute atomic E-state index is 0.685. The summed E-state index contributed by atoms with van der Waals surface area (Å²) in [7, 11) is 0. The second-order valence-corrected chi connectivity index (χ2v) is 4.36. The molecule has 1 N–H and O–H groups in total. The molecule has 2 aliphatic rings. The monoisotopic (exact) mass is 183 g/mol. The van der Waals surface area contributed by atoms with E-state index in [0.29, 0.717) is 6.04 Å². The summed E-state index contributed by atoms with van der Waals surface area (Å²) < 4.78 is 0. The Balaban J connectivity index is 1.75. The molecule has 2 rings (SSSR count). The summed E-state index contributed by atoms with van der Waals surface area (Å²) in [5.41, 5.74) is 0. The van der Waals surface area contributed by atoms with Crippen LogP contribution in [0.25, 0.3) is 0 Å². The predicted octanol–water partition coefficient (Wildman–Crippen LogP) is -0.0158. The molecule has 2 fully saturated rings. The Morgan fingerprint density at radius 3 is 2.69 bits per heavy atom. The molecular weight excluding hydrogens is 162 g/mol. The molecule has 3 nitrogen and oxygen atoms in total. The number of likely N-dealkylation sites (N-methyl/N-ethyl adjacent to an activating group) is 1. The molecule has 76 valence electrons. The van der Waals surface area contributed by atoms with E-state index in [1.807, 2.05) is 0 Å². The van der Waals surface area contributed by atoms with Crippen LogP contribution in [-0.4, -0.2) is 61.2 Å². The molecule has 2 saturated heterocycles. The van der Waals surface area contributed by atoms with Crippen LogP contribution in [0.1, 0.15) is 13.8 Å². The van der Waals surface area contributed by atoms with E-state index < -0.39 is 0 Å². The highest BCUT2D eigenvalue weighted by molar-refractivity contribution is 4.90. The van der Waals surface area contributed by atoms with Gasteiger partial charge in [0.05, 0.1) is 0 Å². The smallest absolute Gasteiger partial charge is 0.0351 e. The van der Waals surface area contributed by atoms with Crippen molar-refractivity contribution in [1.82, 2.24) is 15.1 Å². The van der Waals surface area contributed by atoms with Gasteiger partial charge in [-0.1, -0.05) is 6.92 Å². The highest BCUT2D eigenvalue weighted by atomic mass is 15.3. The molecular formula is C10H21N3. The first-order valence-electron chi connectivity index (χ1n) is 5.49. The maximum absolute atomic E-state index is 3.48. The van der Waals surface area contributed by atoms with Crippen LogP contribution >= 0.6 is 0 Å². The van der Waals surface area contributed by atoms with Crippen molar-refractivity contribution in [3.8, 4) is 0 Å². The summed E-state index contributed by atoms with van der Waals surface area (Å²) in [5, 5.41) is 3.48. The molecule has 0 aromatic rings. The van der Waals surface area contributed by atoms with Crippen LogP contribution in [0, 0.1) is 0 Å². The predicted molar refractivity (Wildman–Crippen MR) is 54.9 cm³/mol. The van der Waals surface area contributed by atoms with Crippen molar-refractivity contribution in [2.24, 2.45) is 0 Å². The van der Waals surface area contributed by atoms with Crippen molar-refractivity contribution < 1.29 is 0 Å². The van der Waals surface area contributed by atoms with Crippen molar-refractivity contribution in [3.05, 3.63) is 0 Å². The molecule has 0 spiro atoms. The highest BCUT2D eigenvalue weighted by Gasteiger charge is 2.32. The average molecular weight is 183 g/mol. The molecule has 0 bridgehead atoms. The molecule has 1 unspecified atom stereocenters. The van der Waals surface area contributed by atoms with Gasteiger partial charge in [0.2, 0.25) is 0 Å². The zero-order valence-electron chi connectivity index (χ0n) is 8.79. The fraction of sp³-hybridized carbons (Fsp3) is 1.00. The van der Waals surface area contributed by atoms with E-state index >= 15 is 0 Å². The third-order valence-electron chi connectivity index (χ3n) is 3.30. The van der Waals surface area contributed by atoms with E-state index in [9.17, 15) is 0 Å². The second-order valence-electron chi connectivity index (χ2n) is 4.36. The third-order valence-corrected chi connectivity index (χ3v) is 3.30. The largest absolute Gasteiger partial charge is 0.312 e. The number of hydrogen-bond donors (Lipinski definition) is 1. The van der Waals surface area contributed by atoms with E-state index in [1.54, 1.807) is 0 Å². The number of piperazine rings is 1. The van der Waals surface area contributed by atoms with E-state index in [0.717, 1.165) is 6.04 Å². The van der Waals surface area contributed by atoms with Gasteiger partial charge in [0.25, 0.3) is 0 Å². The van der Waals surface area contributed by atoms with Crippen LogP contribution in [0.2, 0.25) is 0 Å². The Hall–Kier alpha value is -0.120. The molecule has 0 saturated carbocycles. The summed E-state index contributed by atoms with van der Waals surface area (Å²) in [6, 6.07) is 1.54. The van der Waals surface area contributed by atoms with Gasteiger partial charge in [0, 0.05) is 44.8 Å². The molecule has 2 heterocycles. The van der Waals surface area contributed by atoms with Crippen molar-refractivity contribution in [3.63, 3.8) is 0 Å². The van der Waals surface area contributed by atoms with Crippen LogP contribution < -0.4 is 5.32 Å². The Bertz CT molecular complexity index is 166. The summed E-state index contributed by atoms with van der Waals surface area (Å²) in [6.07, 6.45) is 0. The lowest BCUT2D eigenvalue weighted by molar-refractivity contribution is 0.0229. The normalized spacial score (nSPS) is 33.2. The van der Waals surface area contributed by atoms with E-state index in [1.165, 1.54) is 39.3 Å². The molecule has 0 amide bonds. The summed E-state index contributed by atoms with van der Waals surface area (Å²) in [5.74, 6) is 0. The molecule has 1 atom stereocenters. The first kappa shape index (κ1) is 9.44. The molecule has 13 heavy (non-hydrogen) atoms. The van der Waals surface area contributed by atoms with Gasteiger partial charge >= 0.3 is 0 Å². The molecule has 3 heteroatoms. The van der Waals surface area contributed by atoms with Gasteiger partial charge in [0.15, 0.2) is 0 Å². The van der Waals surface area contributed by atoms with Gasteiger partial charge in [-0.25, -0.2) is 0 Å². The first-order valence-corrected chi connectivity index (χ1v) is 5.49. The first-order chi connectivity index (χ1) is 6.29. The number of nitrogens with one attached hydrogen (secondary N) is 1. The van der Waals surface area contributed by atoms with Crippen molar-refractivity contribution >= 4 is 0 Å². The Kier molecular flexibility index (Phi) is 2.86. The van der Waals surface area contributed by atoms with Crippen LogP contribution in [0.4, 0.5) is 0 Å². The van der Waals surface area contributed by atoms with Crippen molar-refractivity contribution in [2.45, 2.75) is 25.9 Å². The van der Waals surface area contributed by atoms with Gasteiger partial charge in [-0.15, -0.1) is 0 Å². The lowest BCUT2D eigenvalue weighted by Gasteiger charge is -2.47. The zero-order chi connectivity index (χ0) is 9.26. The molecule has 0 aromatic carbocycles. The zero-order valence-corrected chi connectivity index (χ0v) is 8.79. The number of rotatable bonds is 2. The number of nitrogens with zero attached hydrogens (tertiary/aromatic N) is 2. The van der Waals surface area contributed by atoms with E-state index in [-0.39, 0.29) is 0 Å². The number of likely N-dealkylation sites (tertiary alicyclic amines) is 1. The standard InChI is InChI=1S/C10H21N3/c1-3-12-7-10(8-12)13-5-4-11-9(2)6-13/h9-11H,3-8H2,1-2H3. The maximum Gasteiger partial charge on any atom is 0.0351 e. The summed E-state index contributed by atoms with van der Waals surface area (Å²) in [4.78, 5) is 5.16. The molecule has 0 radical (unpaired) electrons. The maximum atomic E-state index is 3.48. The SMILES string of the molecule is CCN1CC(N2CCNC(C)C2)C1. The highest BCUT2D eigenvalue weighted by Crippen LogP contribution is 2.15. The average Bonchev–Trinajstić information content (AvgIpc) is 2.02. The third kappa shape index (κ3) is 2.03. The summed E-state index contributed by atoms with van der Waals surface area (Å²) >= 11 is 0. The van der Waals surface area contributed by atoms with Gasteiger partial charge < -0.3 is 10.2 Å². The fourth-order valence-electron chi connectivity index (χ4n) is 2.33. The van der Waals surface area contributed by atoms with Crippen LogP contribution in [0.3, 0.4) is 0 Å². The van der Waals surface area contributed by atoms with E-state index in [4.69, 9.17) is 0 Å². The van der Waals surface area contributed by atoms with Gasteiger partial charge in [-0.05, 0) is 13.5 Å². The van der Waals surface area contributed by atoms with Crippen LogP contribution in [-0.2, 0) is 0 Å². The molecule has 0 aromatic heterocycles. The molecule has 2 aliphatic heterocycles. The van der Waals surface area contributed by atoms with Crippen molar-refractivity contribution in [2.75, 3.05) is 39.3 Å². The van der Waals surface area contributed by atoms with Crippen LogP contribution in [0.5, 0.6) is 0 Å². The van der Waals surface area contributed by atoms with Gasteiger partial charge in [-0.3, -0.25) is 4.90 Å². The Morgan fingerprint density at radius 2 is 2.08 bits per heavy atom. The minimum atomic E-state index is 0.685. The minimum Gasteiger partial charge on any atom is -0.312 e. The Morgan fingerprint density at radius 1 is 1.31 bits per heavy atom. The lowest BCUT2D eigenvalue weighted by atomic mass is 10.1. The van der Waals surface area contributed by atoms with Gasteiger partial charge in [0.1, 0.15) is 0 Å². The number of hydrogen-bond acceptors (Lipinski definition) is 3. The van der Waals surface area contributed by atoms with Crippen molar-refractivity contribution in [1.29, 1.82) is 0 Å². The van der Waals surface area contributed by atoms with Gasteiger partial charge in [-0.2, -0.15) is 0 Å².